The second kappa shape index (κ2) is 35.0. The number of carbonyl (C=O) groups is 1. The van der Waals surface area contributed by atoms with E-state index in [0.717, 1.165) is 57.8 Å². The number of aliphatic hydroxyl groups is 1. The van der Waals surface area contributed by atoms with Gasteiger partial charge < -0.3 is 33.0 Å². The van der Waals surface area contributed by atoms with Crippen LogP contribution in [0.4, 0.5) is 0 Å². The fourth-order valence-corrected chi connectivity index (χ4v) is 6.00. The lowest BCUT2D eigenvalue weighted by Crippen LogP contribution is -2.37. The molecule has 9 nitrogen and oxygen atoms in total. The maximum atomic E-state index is 12.4. The van der Waals surface area contributed by atoms with Crippen molar-refractivity contribution in [2.75, 3.05) is 47.5 Å². The topological polar surface area (TPSA) is 114 Å². The summed E-state index contributed by atoms with van der Waals surface area (Å²) in [6.45, 7) is 4.45. The smallest absolute Gasteiger partial charge is 0.305 e. The minimum absolute atomic E-state index is 0.0141. The molecule has 3 atom stereocenters. The number of phosphoric acid groups is 1. The lowest BCUT2D eigenvalue weighted by atomic mass is 10.0. The van der Waals surface area contributed by atoms with Crippen molar-refractivity contribution in [2.24, 2.45) is 0 Å². The predicted molar refractivity (Wildman–Crippen MR) is 214 cm³/mol. The third-order valence-electron chi connectivity index (χ3n) is 8.56. The molecular weight excluding hydrogens is 677 g/mol. The molecule has 0 radical (unpaired) electrons. The molecule has 0 aliphatic heterocycles. The van der Waals surface area contributed by atoms with Crippen molar-refractivity contribution in [2.45, 2.75) is 167 Å². The van der Waals surface area contributed by atoms with Crippen molar-refractivity contribution in [1.82, 2.24) is 0 Å². The standard InChI is InChI=1S/C42H78NO8P/c1-6-8-10-11-12-13-14-15-16-17-21-24-27-31-36-48-41(39-51-52(46,47)50-37-35-43(3,4)5)38-49-42(45)34-30-26-23-20-18-19-22-25-29-33-40(44)32-28-9-7-2/h9,22,25,28-29,31,33,36,40-41,44H,6-8,10-21,23-24,26-27,30,32,34-35,37-39H2,1-5H3/b25-22+,28-9+,33-29+,36-31+/t40?,41-/m1/s1. The Bertz CT molecular complexity index is 991. The van der Waals surface area contributed by atoms with Gasteiger partial charge in [-0.1, -0.05) is 140 Å². The largest absolute Gasteiger partial charge is 0.756 e. The second-order valence-electron chi connectivity index (χ2n) is 14.9. The van der Waals surface area contributed by atoms with Gasteiger partial charge in [0.1, 0.15) is 19.8 Å². The van der Waals surface area contributed by atoms with Crippen LogP contribution in [0.15, 0.2) is 48.8 Å². The van der Waals surface area contributed by atoms with Gasteiger partial charge in [0.05, 0.1) is 40.1 Å². The van der Waals surface area contributed by atoms with Gasteiger partial charge in [0.2, 0.25) is 0 Å². The summed E-state index contributed by atoms with van der Waals surface area (Å²) in [4.78, 5) is 24.8. The van der Waals surface area contributed by atoms with Crippen LogP contribution in [0.25, 0.3) is 0 Å². The van der Waals surface area contributed by atoms with E-state index in [2.05, 4.69) is 26.0 Å². The Morgan fingerprint density at radius 1 is 0.731 bits per heavy atom. The first-order valence-corrected chi connectivity index (χ1v) is 22.0. The first-order chi connectivity index (χ1) is 25.0. The second-order valence-corrected chi connectivity index (χ2v) is 16.3. The Balaban J connectivity index is 4.39. The lowest BCUT2D eigenvalue weighted by Gasteiger charge is -2.28. The highest BCUT2D eigenvalue weighted by atomic mass is 31.2. The highest BCUT2D eigenvalue weighted by molar-refractivity contribution is 7.45. The van der Waals surface area contributed by atoms with Crippen molar-refractivity contribution in [3.63, 3.8) is 0 Å². The van der Waals surface area contributed by atoms with Crippen molar-refractivity contribution < 1.29 is 42.4 Å². The number of quaternary nitrogens is 1. The number of hydrogen-bond donors (Lipinski definition) is 1. The van der Waals surface area contributed by atoms with E-state index in [1.54, 1.807) is 12.3 Å². The molecule has 0 saturated heterocycles. The van der Waals surface area contributed by atoms with E-state index in [1.165, 1.54) is 70.6 Å². The average Bonchev–Trinajstić information content (AvgIpc) is 3.09. The number of esters is 1. The van der Waals surface area contributed by atoms with Gasteiger partial charge in [0.15, 0.2) is 6.10 Å². The molecular formula is C42H78NO8P. The molecule has 2 unspecified atom stereocenters. The zero-order chi connectivity index (χ0) is 38.6. The molecule has 10 heteroatoms. The molecule has 0 bridgehead atoms. The third kappa shape index (κ3) is 38.0. The SMILES string of the molecule is CC/C=C/CC(O)/C=C/C=C/CCCCCCCC(=O)OC[C@H](COP(=O)([O-])OCC[N+](C)(C)C)O/C=C/CCCCCCCCCCCCCC. The molecule has 52 heavy (non-hydrogen) atoms. The number of hydrogen-bond acceptors (Lipinski definition) is 8. The van der Waals surface area contributed by atoms with Gasteiger partial charge in [0, 0.05) is 6.42 Å². The Kier molecular flexibility index (Phi) is 33.8. The molecule has 0 aliphatic carbocycles. The first-order valence-electron chi connectivity index (χ1n) is 20.5. The predicted octanol–water partition coefficient (Wildman–Crippen LogP) is 10.3. The molecule has 0 aromatic heterocycles. The summed E-state index contributed by atoms with van der Waals surface area (Å²) >= 11 is 0. The number of allylic oxidation sites excluding steroid dienone is 5. The zero-order valence-corrected chi connectivity index (χ0v) is 34.8. The maximum Gasteiger partial charge on any atom is 0.305 e. The van der Waals surface area contributed by atoms with Crippen LogP contribution in [0.2, 0.25) is 0 Å². The number of ether oxygens (including phenoxy) is 2. The molecule has 1 N–H and O–H groups in total. The highest BCUT2D eigenvalue weighted by Gasteiger charge is 2.19. The third-order valence-corrected chi connectivity index (χ3v) is 9.53. The highest BCUT2D eigenvalue weighted by Crippen LogP contribution is 2.38. The molecule has 0 rings (SSSR count). The lowest BCUT2D eigenvalue weighted by molar-refractivity contribution is -0.870. The molecule has 0 spiro atoms. The minimum atomic E-state index is -4.53. The zero-order valence-electron chi connectivity index (χ0n) is 33.9. The van der Waals surface area contributed by atoms with Gasteiger partial charge in [-0.3, -0.25) is 9.36 Å². The van der Waals surface area contributed by atoms with Crippen LogP contribution in [0.1, 0.15) is 155 Å². The summed E-state index contributed by atoms with van der Waals surface area (Å²) in [5.74, 6) is -0.333. The summed E-state index contributed by atoms with van der Waals surface area (Å²) in [5.41, 5.74) is 0. The molecule has 0 aromatic rings. The van der Waals surface area contributed by atoms with Crippen molar-refractivity contribution >= 4 is 13.8 Å². The van der Waals surface area contributed by atoms with Gasteiger partial charge in [-0.15, -0.1) is 0 Å². The number of aliphatic hydroxyl groups excluding tert-OH is 1. The molecule has 0 fully saturated rings. The number of unbranched alkanes of at least 4 members (excludes halogenated alkanes) is 17. The summed E-state index contributed by atoms with van der Waals surface area (Å²) in [5, 5.41) is 9.87. The summed E-state index contributed by atoms with van der Waals surface area (Å²) in [7, 11) is 1.32. The molecule has 0 saturated carbocycles. The summed E-state index contributed by atoms with van der Waals surface area (Å²) in [6.07, 6.45) is 38.4. The summed E-state index contributed by atoms with van der Waals surface area (Å²) in [6, 6.07) is 0. The molecule has 0 heterocycles. The van der Waals surface area contributed by atoms with E-state index in [4.69, 9.17) is 18.5 Å². The van der Waals surface area contributed by atoms with Crippen LogP contribution >= 0.6 is 7.82 Å². The minimum Gasteiger partial charge on any atom is -0.756 e. The number of rotatable bonds is 37. The Hall–Kier alpha value is -1.74. The fourth-order valence-electron chi connectivity index (χ4n) is 5.27. The number of likely N-dealkylation sites (N-methyl/N-ethyl adjacent to an activating group) is 1. The Morgan fingerprint density at radius 2 is 1.31 bits per heavy atom. The van der Waals surface area contributed by atoms with Gasteiger partial charge in [-0.25, -0.2) is 0 Å². The summed E-state index contributed by atoms with van der Waals surface area (Å²) < 4.78 is 34.2. The van der Waals surface area contributed by atoms with E-state index < -0.39 is 20.0 Å². The van der Waals surface area contributed by atoms with Gasteiger partial charge in [-0.2, -0.15) is 0 Å². The van der Waals surface area contributed by atoms with Gasteiger partial charge in [0.25, 0.3) is 7.82 Å². The molecule has 0 amide bonds. The van der Waals surface area contributed by atoms with E-state index in [1.807, 2.05) is 45.4 Å². The van der Waals surface area contributed by atoms with Crippen molar-refractivity contribution in [1.29, 1.82) is 0 Å². The van der Waals surface area contributed by atoms with Crippen molar-refractivity contribution in [3.05, 3.63) is 48.8 Å². The Morgan fingerprint density at radius 3 is 1.90 bits per heavy atom. The van der Waals surface area contributed by atoms with Crippen molar-refractivity contribution in [3.8, 4) is 0 Å². The van der Waals surface area contributed by atoms with Crippen LogP contribution in [0, 0.1) is 0 Å². The van der Waals surface area contributed by atoms with E-state index >= 15 is 0 Å². The fraction of sp³-hybridized carbons (Fsp3) is 0.786. The molecule has 304 valence electrons. The van der Waals surface area contributed by atoms with Crippen LogP contribution in [-0.2, 0) is 27.9 Å². The van der Waals surface area contributed by atoms with E-state index in [-0.39, 0.29) is 25.8 Å². The number of carbonyl (C=O) groups excluding carboxylic acids is 1. The van der Waals surface area contributed by atoms with Crippen LogP contribution in [0.5, 0.6) is 0 Å². The molecule has 0 aliphatic rings. The van der Waals surface area contributed by atoms with Crippen LogP contribution < -0.4 is 4.89 Å². The average molecular weight is 756 g/mol. The number of nitrogens with zero attached hydrogens (tertiary/aromatic N) is 1. The Labute approximate surface area is 319 Å². The van der Waals surface area contributed by atoms with Gasteiger partial charge in [-0.05, 0) is 51.0 Å². The maximum absolute atomic E-state index is 12.4. The quantitative estimate of drug-likeness (QED) is 0.0127. The number of phosphoric ester groups is 1. The van der Waals surface area contributed by atoms with E-state index in [0.29, 0.717) is 23.9 Å². The monoisotopic (exact) mass is 756 g/mol. The van der Waals surface area contributed by atoms with Crippen LogP contribution in [-0.4, -0.2) is 75.3 Å². The normalized spacial score (nSPS) is 14.9. The first kappa shape index (κ1) is 50.3. The molecule has 0 aromatic carbocycles. The van der Waals surface area contributed by atoms with E-state index in [9.17, 15) is 19.4 Å². The van der Waals surface area contributed by atoms with Crippen LogP contribution in [0.3, 0.4) is 0 Å². The van der Waals surface area contributed by atoms with Gasteiger partial charge >= 0.3 is 5.97 Å².